The van der Waals surface area contributed by atoms with Gasteiger partial charge in [-0.15, -0.1) is 0 Å². The molecule has 7 rings (SSSR count). The molecular weight excluding hydrogens is 622 g/mol. The van der Waals surface area contributed by atoms with Gasteiger partial charge in [-0.05, 0) is 75.3 Å². The minimum Gasteiger partial charge on any atom is -0.386 e. The quantitative estimate of drug-likeness (QED) is 0.0231. The maximum atomic E-state index is 14.3. The van der Waals surface area contributed by atoms with E-state index in [1.807, 2.05) is 36.4 Å². The number of rotatable bonds is 18. The number of carbonyl (C=O) groups is 4. The molecule has 260 valence electrons. The monoisotopic (exact) mass is 671 g/mol. The average Bonchev–Trinajstić information content (AvgIpc) is 3.12. The first-order valence-corrected chi connectivity index (χ1v) is 19.3. The molecule has 0 aliphatic carbocycles. The maximum absolute atomic E-state index is 14.3. The van der Waals surface area contributed by atoms with E-state index in [0.717, 1.165) is 58.0 Å². The second-order valence-electron chi connectivity index (χ2n) is 14.7. The molecule has 5 aromatic carbocycles. The number of hydrogen-bond acceptors (Lipinski definition) is 5. The van der Waals surface area contributed by atoms with E-state index in [1.54, 1.807) is 12.1 Å². The topological polar surface area (TPSA) is 80.8 Å². The third-order valence-corrected chi connectivity index (χ3v) is 11.4. The summed E-state index contributed by atoms with van der Waals surface area (Å²) in [6.07, 6.45) is 19.6. The van der Waals surface area contributed by atoms with Crippen LogP contribution in [0.1, 0.15) is 158 Å². The van der Waals surface area contributed by atoms with Crippen LogP contribution in [0.5, 0.6) is 0 Å². The van der Waals surface area contributed by atoms with E-state index in [0.29, 0.717) is 45.5 Å². The summed E-state index contributed by atoms with van der Waals surface area (Å²) in [7, 11) is 0. The Labute approximate surface area is 294 Å². The molecule has 0 radical (unpaired) electrons. The molecule has 2 aliphatic heterocycles. The number of esters is 2. The van der Waals surface area contributed by atoms with E-state index >= 15 is 0 Å². The van der Waals surface area contributed by atoms with E-state index < -0.39 is 11.9 Å². The Kier molecular flexibility index (Phi) is 10.2. The number of amides is 2. The molecule has 0 bridgehead atoms. The van der Waals surface area contributed by atoms with Crippen LogP contribution in [0.4, 0.5) is 0 Å². The standard InChI is InChI=1S/C44H49NO5/c1-3-5-7-9-11-12-14-16-18-28(17-15-13-10-8-6-4-2)27-45-41(46)33-23-19-29-31-21-25-35-40-36(44(49)50-43(35)48)26-22-32(38(31)40)30-20-24-34(42(45)47)39(33)37(29)30/h19-26,28H,3-18,27H2,1-2H3. The zero-order chi connectivity index (χ0) is 34.8. The summed E-state index contributed by atoms with van der Waals surface area (Å²) < 4.78 is 5.01. The molecule has 0 aromatic heterocycles. The van der Waals surface area contributed by atoms with Gasteiger partial charge in [0.25, 0.3) is 11.8 Å². The van der Waals surface area contributed by atoms with Crippen molar-refractivity contribution < 1.29 is 23.9 Å². The highest BCUT2D eigenvalue weighted by atomic mass is 16.6. The van der Waals surface area contributed by atoms with Crippen molar-refractivity contribution in [3.05, 3.63) is 70.8 Å². The lowest BCUT2D eigenvalue weighted by Crippen LogP contribution is -2.43. The van der Waals surface area contributed by atoms with Crippen molar-refractivity contribution in [1.29, 1.82) is 0 Å². The molecule has 6 nitrogen and oxygen atoms in total. The molecule has 1 atom stereocenters. The minimum atomic E-state index is -0.643. The Balaban J connectivity index is 1.18. The van der Waals surface area contributed by atoms with Gasteiger partial charge in [0.05, 0.1) is 11.1 Å². The molecule has 0 N–H and O–H groups in total. The van der Waals surface area contributed by atoms with Crippen molar-refractivity contribution in [2.45, 2.75) is 117 Å². The number of cyclic esters (lactones) is 2. The van der Waals surface area contributed by atoms with Gasteiger partial charge < -0.3 is 4.74 Å². The van der Waals surface area contributed by atoms with Crippen molar-refractivity contribution in [2.24, 2.45) is 5.92 Å². The van der Waals surface area contributed by atoms with Gasteiger partial charge in [-0.25, -0.2) is 9.59 Å². The third-order valence-electron chi connectivity index (χ3n) is 11.4. The molecule has 5 aromatic rings. The number of carbonyl (C=O) groups excluding carboxylic acids is 4. The summed E-state index contributed by atoms with van der Waals surface area (Å²) in [4.78, 5) is 55.5. The zero-order valence-corrected chi connectivity index (χ0v) is 29.7. The molecule has 0 spiro atoms. The number of imide groups is 1. The summed E-state index contributed by atoms with van der Waals surface area (Å²) >= 11 is 0. The second kappa shape index (κ2) is 14.9. The Morgan fingerprint density at radius 1 is 0.460 bits per heavy atom. The van der Waals surface area contributed by atoms with Gasteiger partial charge in [0.2, 0.25) is 0 Å². The fourth-order valence-corrected chi connectivity index (χ4v) is 8.69. The summed E-state index contributed by atoms with van der Waals surface area (Å²) in [6, 6.07) is 14.9. The number of nitrogens with zero attached hydrogens (tertiary/aromatic N) is 1. The molecule has 50 heavy (non-hydrogen) atoms. The van der Waals surface area contributed by atoms with Gasteiger partial charge in [-0.2, -0.15) is 0 Å². The van der Waals surface area contributed by atoms with Crippen LogP contribution in [0.3, 0.4) is 0 Å². The highest BCUT2D eigenvalue weighted by molar-refractivity contribution is 6.40. The predicted octanol–water partition coefficient (Wildman–Crippen LogP) is 11.5. The number of fused-ring (bicyclic) bond motifs is 2. The lowest BCUT2D eigenvalue weighted by Gasteiger charge is -2.31. The predicted molar refractivity (Wildman–Crippen MR) is 201 cm³/mol. The van der Waals surface area contributed by atoms with Crippen LogP contribution in [-0.2, 0) is 4.74 Å². The molecule has 1 unspecified atom stereocenters. The molecule has 0 saturated heterocycles. The fourth-order valence-electron chi connectivity index (χ4n) is 8.69. The van der Waals surface area contributed by atoms with E-state index in [4.69, 9.17) is 4.74 Å². The summed E-state index contributed by atoms with van der Waals surface area (Å²) in [5.74, 6) is -1.41. The third kappa shape index (κ3) is 6.16. The van der Waals surface area contributed by atoms with Gasteiger partial charge in [0.1, 0.15) is 0 Å². The normalized spacial score (nSPS) is 15.0. The second-order valence-corrected chi connectivity index (χ2v) is 14.7. The van der Waals surface area contributed by atoms with Crippen LogP contribution < -0.4 is 0 Å². The first-order chi connectivity index (χ1) is 24.4. The Morgan fingerprint density at radius 3 is 1.24 bits per heavy atom. The molecule has 2 amide bonds. The summed E-state index contributed by atoms with van der Waals surface area (Å²) in [6.45, 7) is 4.96. The maximum Gasteiger partial charge on any atom is 0.346 e. The Bertz CT molecular complexity index is 1980. The SMILES string of the molecule is CCCCCCCCCCC(CCCCCCCC)CN1C(=O)c2ccc3c4ccc5c6c(ccc(c7ccc(c2c37)C1=O)c64)C(=O)OC5=O. The van der Waals surface area contributed by atoms with Crippen molar-refractivity contribution >= 4 is 66.8 Å². The molecule has 0 saturated carbocycles. The van der Waals surface area contributed by atoms with Crippen LogP contribution in [0.15, 0.2) is 48.5 Å². The van der Waals surface area contributed by atoms with Crippen LogP contribution in [0.2, 0.25) is 0 Å². The van der Waals surface area contributed by atoms with Crippen LogP contribution >= 0.6 is 0 Å². The number of benzene rings is 5. The number of ether oxygens (including phenoxy) is 1. The van der Waals surface area contributed by atoms with Gasteiger partial charge in [-0.3, -0.25) is 14.5 Å². The lowest BCUT2D eigenvalue weighted by molar-refractivity contribution is 0.0390. The van der Waals surface area contributed by atoms with E-state index in [9.17, 15) is 19.2 Å². The van der Waals surface area contributed by atoms with Gasteiger partial charge in [0, 0.05) is 28.4 Å². The zero-order valence-electron chi connectivity index (χ0n) is 29.7. The Morgan fingerprint density at radius 2 is 0.820 bits per heavy atom. The molecule has 0 fully saturated rings. The first kappa shape index (κ1) is 34.1. The number of hydrogen-bond donors (Lipinski definition) is 0. The fraction of sp³-hybridized carbons (Fsp3) is 0.455. The highest BCUT2D eigenvalue weighted by Crippen LogP contribution is 2.46. The molecule has 2 aliphatic rings. The highest BCUT2D eigenvalue weighted by Gasteiger charge is 2.36. The minimum absolute atomic E-state index is 0.209. The molecule has 6 heteroatoms. The van der Waals surface area contributed by atoms with E-state index in [-0.39, 0.29) is 11.8 Å². The van der Waals surface area contributed by atoms with Crippen molar-refractivity contribution in [3.63, 3.8) is 0 Å². The summed E-state index contributed by atoms with van der Waals surface area (Å²) in [5, 5.41) is 6.57. The van der Waals surface area contributed by atoms with Gasteiger partial charge in [0.15, 0.2) is 0 Å². The van der Waals surface area contributed by atoms with Crippen molar-refractivity contribution in [3.8, 4) is 0 Å². The van der Waals surface area contributed by atoms with Crippen molar-refractivity contribution in [1.82, 2.24) is 4.90 Å². The first-order valence-electron chi connectivity index (χ1n) is 19.3. The molecular formula is C44H49NO5. The van der Waals surface area contributed by atoms with E-state index in [1.165, 1.54) is 81.9 Å². The van der Waals surface area contributed by atoms with Gasteiger partial charge >= 0.3 is 11.9 Å². The molecule has 2 heterocycles. The van der Waals surface area contributed by atoms with Gasteiger partial charge in [-0.1, -0.05) is 128 Å². The van der Waals surface area contributed by atoms with Crippen LogP contribution in [-0.4, -0.2) is 35.2 Å². The summed E-state index contributed by atoms with van der Waals surface area (Å²) in [5.41, 5.74) is 1.88. The average molecular weight is 672 g/mol. The number of unbranched alkanes of at least 4 members (excludes halogenated alkanes) is 12. The van der Waals surface area contributed by atoms with Crippen LogP contribution in [0.25, 0.3) is 43.1 Å². The lowest BCUT2D eigenvalue weighted by atomic mass is 9.82. The smallest absolute Gasteiger partial charge is 0.346 e. The Hall–Kier alpha value is -4.32. The van der Waals surface area contributed by atoms with Crippen molar-refractivity contribution in [2.75, 3.05) is 6.54 Å². The van der Waals surface area contributed by atoms with Crippen LogP contribution in [0, 0.1) is 5.92 Å². The van der Waals surface area contributed by atoms with E-state index in [2.05, 4.69) is 13.8 Å². The largest absolute Gasteiger partial charge is 0.386 e.